The Hall–Kier alpha value is -2.47. The fraction of sp³-hybridized carbons (Fsp3) is 0.333. The highest BCUT2D eigenvalue weighted by Crippen LogP contribution is 2.33. The van der Waals surface area contributed by atoms with E-state index < -0.39 is 0 Å². The van der Waals surface area contributed by atoms with E-state index in [-0.39, 0.29) is 18.4 Å². The first-order chi connectivity index (χ1) is 13.2. The predicted molar refractivity (Wildman–Crippen MR) is 111 cm³/mol. The maximum Gasteiger partial charge on any atom is 0.240 e. The van der Waals surface area contributed by atoms with Gasteiger partial charge in [-0.15, -0.1) is 11.8 Å². The van der Waals surface area contributed by atoms with Gasteiger partial charge in [-0.25, -0.2) is 0 Å². The highest BCUT2D eigenvalue weighted by atomic mass is 32.2. The van der Waals surface area contributed by atoms with Crippen molar-refractivity contribution in [1.82, 2.24) is 5.32 Å². The third-order valence-electron chi connectivity index (χ3n) is 4.54. The molecule has 3 rings (SSSR count). The third-order valence-corrected chi connectivity index (χ3v) is 5.60. The molecule has 1 aliphatic rings. The van der Waals surface area contributed by atoms with Crippen molar-refractivity contribution in [2.45, 2.75) is 18.2 Å². The molecular weight excluding hydrogens is 358 g/mol. The molecule has 0 radical (unpaired) electrons. The fourth-order valence-electron chi connectivity index (χ4n) is 3.13. The number of amides is 2. The molecule has 2 aromatic rings. The van der Waals surface area contributed by atoms with Gasteiger partial charge in [-0.2, -0.15) is 0 Å². The summed E-state index contributed by atoms with van der Waals surface area (Å²) in [6.07, 6.45) is 0.449. The number of nitrogens with zero attached hydrogens (tertiary/aromatic N) is 2. The van der Waals surface area contributed by atoms with Crippen molar-refractivity contribution in [3.05, 3.63) is 54.6 Å². The molecule has 0 saturated carbocycles. The summed E-state index contributed by atoms with van der Waals surface area (Å²) < 4.78 is 0. The van der Waals surface area contributed by atoms with Crippen LogP contribution in [0.15, 0.2) is 59.5 Å². The van der Waals surface area contributed by atoms with Gasteiger partial charge in [-0.3, -0.25) is 9.59 Å². The van der Waals surface area contributed by atoms with Crippen LogP contribution in [0.4, 0.5) is 11.4 Å². The minimum atomic E-state index is -0.130. The second-order valence-electron chi connectivity index (χ2n) is 6.31. The van der Waals surface area contributed by atoms with Gasteiger partial charge in [-0.1, -0.05) is 30.3 Å². The topological polar surface area (TPSA) is 52.7 Å². The SMILES string of the molecule is CCN(CCNC(=O)CN1C(=O)CCSc2ccccc21)c1ccccc1. The molecule has 1 heterocycles. The van der Waals surface area contributed by atoms with Crippen LogP contribution in [-0.4, -0.2) is 43.7 Å². The molecule has 0 aliphatic carbocycles. The molecule has 2 amide bonds. The smallest absolute Gasteiger partial charge is 0.240 e. The zero-order valence-electron chi connectivity index (χ0n) is 15.6. The molecule has 5 nitrogen and oxygen atoms in total. The number of likely N-dealkylation sites (N-methyl/N-ethyl adjacent to an activating group) is 1. The monoisotopic (exact) mass is 383 g/mol. The van der Waals surface area contributed by atoms with Gasteiger partial charge in [0, 0.05) is 42.4 Å². The Morgan fingerprint density at radius 3 is 2.67 bits per heavy atom. The van der Waals surface area contributed by atoms with E-state index in [1.54, 1.807) is 16.7 Å². The van der Waals surface area contributed by atoms with Gasteiger partial charge < -0.3 is 15.1 Å². The molecule has 2 aromatic carbocycles. The first kappa shape index (κ1) is 19.3. The van der Waals surface area contributed by atoms with Crippen LogP contribution >= 0.6 is 11.8 Å². The maximum absolute atomic E-state index is 12.5. The molecule has 0 unspecified atom stereocenters. The van der Waals surface area contributed by atoms with Crippen molar-refractivity contribution in [2.75, 3.05) is 41.7 Å². The molecule has 1 N–H and O–H groups in total. The molecule has 0 spiro atoms. The quantitative estimate of drug-likeness (QED) is 0.798. The second kappa shape index (κ2) is 9.46. The van der Waals surface area contributed by atoms with Gasteiger partial charge in [0.25, 0.3) is 0 Å². The number of carbonyl (C=O) groups is 2. The Bertz CT molecular complexity index is 782. The second-order valence-corrected chi connectivity index (χ2v) is 7.45. The lowest BCUT2D eigenvalue weighted by Gasteiger charge is -2.24. The van der Waals surface area contributed by atoms with Gasteiger partial charge in [0.15, 0.2) is 0 Å². The van der Waals surface area contributed by atoms with Gasteiger partial charge in [0.05, 0.1) is 5.69 Å². The van der Waals surface area contributed by atoms with Crippen molar-refractivity contribution in [3.8, 4) is 0 Å². The lowest BCUT2D eigenvalue weighted by molar-refractivity contribution is -0.123. The van der Waals surface area contributed by atoms with E-state index in [9.17, 15) is 9.59 Å². The van der Waals surface area contributed by atoms with E-state index in [0.29, 0.717) is 13.0 Å². The van der Waals surface area contributed by atoms with Crippen LogP contribution in [0.3, 0.4) is 0 Å². The molecule has 0 saturated heterocycles. The number of benzene rings is 2. The van der Waals surface area contributed by atoms with Crippen LogP contribution in [0.1, 0.15) is 13.3 Å². The number of nitrogens with one attached hydrogen (secondary N) is 1. The number of rotatable bonds is 7. The Labute approximate surface area is 164 Å². The van der Waals surface area contributed by atoms with Gasteiger partial charge in [-0.05, 0) is 31.2 Å². The predicted octanol–water partition coefficient (Wildman–Crippen LogP) is 3.16. The van der Waals surface area contributed by atoms with Gasteiger partial charge in [0.1, 0.15) is 6.54 Å². The fourth-order valence-corrected chi connectivity index (χ4v) is 4.13. The zero-order valence-corrected chi connectivity index (χ0v) is 16.4. The van der Waals surface area contributed by atoms with Crippen LogP contribution in [0.2, 0.25) is 0 Å². The van der Waals surface area contributed by atoms with E-state index in [4.69, 9.17) is 0 Å². The van der Waals surface area contributed by atoms with Gasteiger partial charge in [0.2, 0.25) is 11.8 Å². The molecular formula is C21H25N3O2S. The molecule has 6 heteroatoms. The van der Waals surface area contributed by atoms with Crippen LogP contribution in [0.5, 0.6) is 0 Å². The summed E-state index contributed by atoms with van der Waals surface area (Å²) in [5.41, 5.74) is 1.97. The standard InChI is InChI=1S/C21H25N3O2S/c1-2-23(17-8-4-3-5-9-17)14-13-22-20(25)16-24-18-10-6-7-11-19(18)27-15-12-21(24)26/h3-11H,2,12-16H2,1H3,(H,22,25). The maximum atomic E-state index is 12.5. The summed E-state index contributed by atoms with van der Waals surface area (Å²) in [4.78, 5) is 29.8. The molecule has 0 atom stereocenters. The van der Waals surface area contributed by atoms with Crippen molar-refractivity contribution in [1.29, 1.82) is 0 Å². The van der Waals surface area contributed by atoms with Crippen LogP contribution in [0, 0.1) is 0 Å². The molecule has 0 aromatic heterocycles. The number of para-hydroxylation sites is 2. The number of anilines is 2. The van der Waals surface area contributed by atoms with E-state index >= 15 is 0 Å². The molecule has 0 bridgehead atoms. The summed E-state index contributed by atoms with van der Waals surface area (Å²) in [5.74, 6) is 0.618. The minimum Gasteiger partial charge on any atom is -0.370 e. The van der Waals surface area contributed by atoms with Crippen LogP contribution in [0.25, 0.3) is 0 Å². The number of hydrogen-bond acceptors (Lipinski definition) is 4. The molecule has 27 heavy (non-hydrogen) atoms. The lowest BCUT2D eigenvalue weighted by Crippen LogP contribution is -2.43. The highest BCUT2D eigenvalue weighted by molar-refractivity contribution is 7.99. The molecule has 0 fully saturated rings. The van der Waals surface area contributed by atoms with E-state index in [1.165, 1.54) is 0 Å². The van der Waals surface area contributed by atoms with Crippen LogP contribution < -0.4 is 15.1 Å². The van der Waals surface area contributed by atoms with Crippen molar-refractivity contribution < 1.29 is 9.59 Å². The number of hydrogen-bond donors (Lipinski definition) is 1. The summed E-state index contributed by atoms with van der Waals surface area (Å²) >= 11 is 1.67. The molecule has 1 aliphatic heterocycles. The average molecular weight is 384 g/mol. The Morgan fingerprint density at radius 2 is 1.89 bits per heavy atom. The average Bonchev–Trinajstić information content (AvgIpc) is 2.85. The number of thioether (sulfide) groups is 1. The normalized spacial score (nSPS) is 13.7. The summed E-state index contributed by atoms with van der Waals surface area (Å²) in [5, 5.41) is 2.95. The Balaban J connectivity index is 1.56. The van der Waals surface area contributed by atoms with E-state index in [2.05, 4.69) is 29.3 Å². The molecule has 142 valence electrons. The minimum absolute atomic E-state index is 0.00192. The van der Waals surface area contributed by atoms with Crippen molar-refractivity contribution in [3.63, 3.8) is 0 Å². The largest absolute Gasteiger partial charge is 0.370 e. The summed E-state index contributed by atoms with van der Waals surface area (Å²) in [6, 6.07) is 17.9. The third kappa shape index (κ3) is 5.04. The van der Waals surface area contributed by atoms with E-state index in [0.717, 1.165) is 35.1 Å². The van der Waals surface area contributed by atoms with E-state index in [1.807, 2.05) is 42.5 Å². The number of fused-ring (bicyclic) bond motifs is 1. The Morgan fingerprint density at radius 1 is 1.15 bits per heavy atom. The Kier molecular flexibility index (Phi) is 6.76. The highest BCUT2D eigenvalue weighted by Gasteiger charge is 2.24. The first-order valence-corrected chi connectivity index (χ1v) is 10.3. The summed E-state index contributed by atoms with van der Waals surface area (Å²) in [7, 11) is 0. The van der Waals surface area contributed by atoms with Crippen molar-refractivity contribution >= 4 is 35.0 Å². The first-order valence-electron chi connectivity index (χ1n) is 9.28. The van der Waals surface area contributed by atoms with Gasteiger partial charge >= 0.3 is 0 Å². The zero-order chi connectivity index (χ0) is 19.1. The number of carbonyl (C=O) groups excluding carboxylic acids is 2. The summed E-state index contributed by atoms with van der Waals surface area (Å²) in [6.45, 7) is 4.30. The lowest BCUT2D eigenvalue weighted by atomic mass is 10.2. The van der Waals surface area contributed by atoms with Crippen LogP contribution in [-0.2, 0) is 9.59 Å². The van der Waals surface area contributed by atoms with Crippen molar-refractivity contribution in [2.24, 2.45) is 0 Å².